The summed E-state index contributed by atoms with van der Waals surface area (Å²) in [7, 11) is 0. The van der Waals surface area contributed by atoms with E-state index in [1.807, 2.05) is 37.4 Å². The third-order valence-corrected chi connectivity index (χ3v) is 5.51. The van der Waals surface area contributed by atoms with Crippen LogP contribution in [0.4, 0.5) is 0 Å². The molecule has 0 saturated carbocycles. The first-order valence-corrected chi connectivity index (χ1v) is 10.7. The molecule has 8 nitrogen and oxygen atoms in total. The number of rotatable bonds is 8. The van der Waals surface area contributed by atoms with Crippen LogP contribution in [0.3, 0.4) is 0 Å². The van der Waals surface area contributed by atoms with Crippen LogP contribution in [0.5, 0.6) is 5.75 Å². The Balaban J connectivity index is 1.23. The molecule has 2 amide bonds. The lowest BCUT2D eigenvalue weighted by molar-refractivity contribution is -0.127. The Hall–Kier alpha value is -4.07. The van der Waals surface area contributed by atoms with Gasteiger partial charge in [-0.25, -0.2) is 4.79 Å². The van der Waals surface area contributed by atoms with Crippen LogP contribution in [0.15, 0.2) is 57.9 Å². The molecule has 3 N–H and O–H groups in total. The summed E-state index contributed by atoms with van der Waals surface area (Å²) in [4.78, 5) is 39.1. The summed E-state index contributed by atoms with van der Waals surface area (Å²) in [5.74, 6) is -0.260. The van der Waals surface area contributed by atoms with Gasteiger partial charge in [0.15, 0.2) is 6.61 Å². The minimum atomic E-state index is -0.436. The Morgan fingerprint density at radius 2 is 1.85 bits per heavy atom. The fourth-order valence-corrected chi connectivity index (χ4v) is 3.77. The van der Waals surface area contributed by atoms with Crippen LogP contribution in [0.1, 0.15) is 16.7 Å². The zero-order chi connectivity index (χ0) is 23.4. The maximum atomic E-state index is 12.1. The molecule has 0 aliphatic rings. The van der Waals surface area contributed by atoms with Crippen LogP contribution < -0.4 is 21.0 Å². The summed E-state index contributed by atoms with van der Waals surface area (Å²) in [6.45, 7) is 3.66. The molecule has 0 fully saturated rings. The fraction of sp³-hybridized carbons (Fsp3) is 0.240. The predicted molar refractivity (Wildman–Crippen MR) is 125 cm³/mol. The van der Waals surface area contributed by atoms with Gasteiger partial charge in [0, 0.05) is 40.7 Å². The highest BCUT2D eigenvalue weighted by Crippen LogP contribution is 2.28. The lowest BCUT2D eigenvalue weighted by Crippen LogP contribution is -2.39. The van der Waals surface area contributed by atoms with Crippen molar-refractivity contribution in [2.75, 3.05) is 19.7 Å². The van der Waals surface area contributed by atoms with Gasteiger partial charge in [0.05, 0.1) is 6.54 Å². The number of benzene rings is 2. The van der Waals surface area contributed by atoms with Gasteiger partial charge in [-0.05, 0) is 49.6 Å². The molecule has 0 aliphatic carbocycles. The zero-order valence-electron chi connectivity index (χ0n) is 18.5. The largest absolute Gasteiger partial charge is 0.483 e. The monoisotopic (exact) mass is 447 g/mol. The zero-order valence-corrected chi connectivity index (χ0v) is 18.5. The molecule has 2 heterocycles. The average molecular weight is 447 g/mol. The number of hydrogen-bond donors (Lipinski definition) is 3. The second kappa shape index (κ2) is 9.60. The average Bonchev–Trinajstić information content (AvgIpc) is 3.21. The number of aromatic nitrogens is 1. The first kappa shape index (κ1) is 22.1. The minimum Gasteiger partial charge on any atom is -0.483 e. The molecule has 8 heteroatoms. The van der Waals surface area contributed by atoms with E-state index in [0.29, 0.717) is 29.9 Å². The van der Waals surface area contributed by atoms with Crippen molar-refractivity contribution >= 4 is 33.7 Å². The van der Waals surface area contributed by atoms with E-state index in [-0.39, 0.29) is 19.1 Å². The third-order valence-electron chi connectivity index (χ3n) is 5.51. The van der Waals surface area contributed by atoms with Crippen molar-refractivity contribution < 1.29 is 18.7 Å². The number of amides is 2. The van der Waals surface area contributed by atoms with Gasteiger partial charge in [-0.15, -0.1) is 0 Å². The van der Waals surface area contributed by atoms with Gasteiger partial charge in [-0.1, -0.05) is 18.2 Å². The molecule has 0 spiro atoms. The van der Waals surface area contributed by atoms with Crippen LogP contribution in [0.25, 0.3) is 21.9 Å². The molecule has 2 aromatic carbocycles. The molecule has 170 valence electrons. The molecule has 2 aromatic heterocycles. The van der Waals surface area contributed by atoms with Crippen molar-refractivity contribution in [3.05, 3.63) is 75.8 Å². The number of hydrogen-bond acceptors (Lipinski definition) is 5. The van der Waals surface area contributed by atoms with Gasteiger partial charge in [0.2, 0.25) is 5.91 Å². The number of carbonyl (C=O) groups is 2. The molecule has 0 atom stereocenters. The Kier molecular flexibility index (Phi) is 6.44. The first-order chi connectivity index (χ1) is 15.9. The van der Waals surface area contributed by atoms with E-state index in [1.54, 1.807) is 19.1 Å². The molecular formula is C25H25N3O5. The maximum Gasteiger partial charge on any atom is 0.336 e. The van der Waals surface area contributed by atoms with Crippen molar-refractivity contribution in [3.63, 3.8) is 0 Å². The summed E-state index contributed by atoms with van der Waals surface area (Å²) in [5, 5.41) is 7.30. The van der Waals surface area contributed by atoms with E-state index in [9.17, 15) is 14.4 Å². The van der Waals surface area contributed by atoms with Crippen molar-refractivity contribution in [3.8, 4) is 5.75 Å². The lowest BCUT2D eigenvalue weighted by atomic mass is 10.1. The number of ether oxygens (including phenoxy) is 1. The standard InChI is InChI=1S/C25H25N3O5/c1-15-11-24(31)33-25-16(2)21(8-7-18(15)25)32-14-23(30)28-13-22(29)26-10-9-17-12-27-20-6-4-3-5-19(17)20/h3-8,11-12,27H,9-10,13-14H2,1-2H3,(H,26,29)(H,28,30). The van der Waals surface area contributed by atoms with E-state index >= 15 is 0 Å². The molecule has 4 rings (SSSR count). The Labute approximate surface area is 189 Å². The summed E-state index contributed by atoms with van der Waals surface area (Å²) in [6, 6.07) is 12.9. The van der Waals surface area contributed by atoms with E-state index in [1.165, 1.54) is 6.07 Å². The molecule has 0 aliphatic heterocycles. The van der Waals surface area contributed by atoms with Gasteiger partial charge < -0.3 is 24.8 Å². The molecule has 0 radical (unpaired) electrons. The molecule has 0 saturated heterocycles. The van der Waals surface area contributed by atoms with E-state index in [4.69, 9.17) is 9.15 Å². The van der Waals surface area contributed by atoms with Crippen molar-refractivity contribution in [1.29, 1.82) is 0 Å². The Morgan fingerprint density at radius 1 is 1.03 bits per heavy atom. The Bertz CT molecular complexity index is 1390. The fourth-order valence-electron chi connectivity index (χ4n) is 3.77. The second-order valence-corrected chi connectivity index (χ2v) is 7.84. The molecule has 4 aromatic rings. The highest BCUT2D eigenvalue weighted by atomic mass is 16.5. The van der Waals surface area contributed by atoms with Crippen LogP contribution in [0.2, 0.25) is 0 Å². The highest BCUT2D eigenvalue weighted by Gasteiger charge is 2.12. The smallest absolute Gasteiger partial charge is 0.336 e. The maximum absolute atomic E-state index is 12.1. The van der Waals surface area contributed by atoms with Gasteiger partial charge >= 0.3 is 5.63 Å². The first-order valence-electron chi connectivity index (χ1n) is 10.7. The van der Waals surface area contributed by atoms with E-state index in [2.05, 4.69) is 15.6 Å². The third kappa shape index (κ3) is 5.06. The topological polar surface area (TPSA) is 113 Å². The second-order valence-electron chi connectivity index (χ2n) is 7.84. The van der Waals surface area contributed by atoms with Crippen LogP contribution in [-0.4, -0.2) is 36.5 Å². The van der Waals surface area contributed by atoms with Crippen LogP contribution >= 0.6 is 0 Å². The number of carbonyl (C=O) groups excluding carboxylic acids is 2. The minimum absolute atomic E-state index is 0.138. The van der Waals surface area contributed by atoms with E-state index in [0.717, 1.165) is 27.4 Å². The van der Waals surface area contributed by atoms with Gasteiger partial charge in [0.25, 0.3) is 5.91 Å². The van der Waals surface area contributed by atoms with Crippen LogP contribution in [0, 0.1) is 13.8 Å². The molecule has 33 heavy (non-hydrogen) atoms. The SMILES string of the molecule is Cc1cc(=O)oc2c(C)c(OCC(=O)NCC(=O)NCCc3c[nH]c4ccccc34)ccc12. The predicted octanol–water partition coefficient (Wildman–Crippen LogP) is 2.75. The number of aromatic amines is 1. The van der Waals surface area contributed by atoms with Gasteiger partial charge in [0.1, 0.15) is 11.3 Å². The summed E-state index contributed by atoms with van der Waals surface area (Å²) in [6.07, 6.45) is 2.63. The quantitative estimate of drug-likeness (QED) is 0.360. The molecule has 0 bridgehead atoms. The number of H-pyrrole nitrogens is 1. The van der Waals surface area contributed by atoms with Crippen molar-refractivity contribution in [2.45, 2.75) is 20.3 Å². The highest BCUT2D eigenvalue weighted by molar-refractivity contribution is 5.87. The van der Waals surface area contributed by atoms with Crippen molar-refractivity contribution in [1.82, 2.24) is 15.6 Å². The summed E-state index contributed by atoms with van der Waals surface area (Å²) < 4.78 is 10.9. The van der Waals surface area contributed by atoms with Gasteiger partial charge in [-0.3, -0.25) is 9.59 Å². The molecule has 0 unspecified atom stereocenters. The number of aryl methyl sites for hydroxylation is 2. The molecular weight excluding hydrogens is 422 g/mol. The number of para-hydroxylation sites is 1. The lowest BCUT2D eigenvalue weighted by Gasteiger charge is -2.11. The van der Waals surface area contributed by atoms with Crippen molar-refractivity contribution in [2.24, 2.45) is 0 Å². The summed E-state index contributed by atoms with van der Waals surface area (Å²) >= 11 is 0. The number of nitrogens with one attached hydrogen (secondary N) is 3. The normalized spacial score (nSPS) is 11.0. The van der Waals surface area contributed by atoms with Gasteiger partial charge in [-0.2, -0.15) is 0 Å². The van der Waals surface area contributed by atoms with Crippen LogP contribution in [-0.2, 0) is 16.0 Å². The number of fused-ring (bicyclic) bond motifs is 2. The van der Waals surface area contributed by atoms with E-state index < -0.39 is 11.5 Å². The summed E-state index contributed by atoms with van der Waals surface area (Å²) in [5.41, 5.74) is 3.63. The Morgan fingerprint density at radius 3 is 2.70 bits per heavy atom.